The van der Waals surface area contributed by atoms with Crippen molar-refractivity contribution in [2.75, 3.05) is 13.2 Å². The smallest absolute Gasteiger partial charge is 0.315 e. The molecule has 2 N–H and O–H groups in total. The van der Waals surface area contributed by atoms with Gasteiger partial charge in [0.25, 0.3) is 0 Å². The summed E-state index contributed by atoms with van der Waals surface area (Å²) in [6.45, 7) is 1.83. The molecule has 1 aromatic heterocycles. The molecule has 0 spiro atoms. The number of carbonyl (C=O) groups is 1. The molecule has 1 saturated heterocycles. The molecule has 0 saturated carbocycles. The molecule has 0 radical (unpaired) electrons. The summed E-state index contributed by atoms with van der Waals surface area (Å²) < 4.78 is 7.81. The number of hydrogen-bond acceptors (Lipinski definition) is 3. The predicted octanol–water partition coefficient (Wildman–Crippen LogP) is 3.84. The van der Waals surface area contributed by atoms with Crippen LogP contribution in [0.2, 0.25) is 0 Å². The van der Waals surface area contributed by atoms with Gasteiger partial charge in [0.1, 0.15) is 0 Å². The molecular weight excluding hydrogens is 364 g/mol. The van der Waals surface area contributed by atoms with Gasteiger partial charge in [-0.15, -0.1) is 0 Å². The Bertz CT molecular complexity index is 912. The Morgan fingerprint density at radius 1 is 1.10 bits per heavy atom. The first-order valence-electron chi connectivity index (χ1n) is 10.1. The molecule has 6 heteroatoms. The van der Waals surface area contributed by atoms with Crippen LogP contribution in [0.3, 0.4) is 0 Å². The molecule has 1 aliphatic heterocycles. The third kappa shape index (κ3) is 5.03. The minimum absolute atomic E-state index is 0.0380. The normalized spacial score (nSPS) is 18.9. The van der Waals surface area contributed by atoms with Crippen LogP contribution in [0, 0.1) is 5.92 Å². The van der Waals surface area contributed by atoms with Gasteiger partial charge in [-0.05, 0) is 42.2 Å². The molecule has 2 heterocycles. The van der Waals surface area contributed by atoms with Gasteiger partial charge in [0.15, 0.2) is 0 Å². The van der Waals surface area contributed by atoms with Crippen molar-refractivity contribution in [1.82, 2.24) is 20.4 Å². The molecule has 0 bridgehead atoms. The Kier molecular flexibility index (Phi) is 6.22. The third-order valence-electron chi connectivity index (χ3n) is 5.23. The van der Waals surface area contributed by atoms with E-state index in [0.29, 0.717) is 13.1 Å². The average Bonchev–Trinajstić information content (AvgIpc) is 3.32. The Hall–Kier alpha value is -3.12. The highest BCUT2D eigenvalue weighted by atomic mass is 16.5. The molecule has 4 rings (SSSR count). The lowest BCUT2D eigenvalue weighted by Crippen LogP contribution is -2.40. The fraction of sp³-hybridized carbons (Fsp3) is 0.304. The van der Waals surface area contributed by atoms with E-state index < -0.39 is 0 Å². The van der Waals surface area contributed by atoms with Crippen molar-refractivity contribution in [2.45, 2.75) is 25.5 Å². The zero-order valence-corrected chi connectivity index (χ0v) is 16.3. The lowest BCUT2D eigenvalue weighted by Gasteiger charge is -2.32. The van der Waals surface area contributed by atoms with Crippen molar-refractivity contribution in [2.24, 2.45) is 5.92 Å². The van der Waals surface area contributed by atoms with Crippen LogP contribution in [0.15, 0.2) is 73.1 Å². The summed E-state index contributed by atoms with van der Waals surface area (Å²) in [5.74, 6) is 0.278. The Labute approximate surface area is 170 Å². The third-order valence-corrected chi connectivity index (χ3v) is 5.23. The van der Waals surface area contributed by atoms with Crippen LogP contribution >= 0.6 is 0 Å². The van der Waals surface area contributed by atoms with E-state index in [1.165, 1.54) is 5.56 Å². The summed E-state index contributed by atoms with van der Waals surface area (Å²) in [7, 11) is 0. The highest BCUT2D eigenvalue weighted by Crippen LogP contribution is 2.33. The van der Waals surface area contributed by atoms with Crippen LogP contribution in [0.4, 0.5) is 4.79 Å². The van der Waals surface area contributed by atoms with Gasteiger partial charge in [-0.3, -0.25) is 0 Å². The predicted molar refractivity (Wildman–Crippen MR) is 112 cm³/mol. The number of ether oxygens (including phenoxy) is 1. The molecule has 150 valence electrons. The number of urea groups is 1. The van der Waals surface area contributed by atoms with E-state index in [2.05, 4.69) is 27.9 Å². The molecule has 2 amide bonds. The summed E-state index contributed by atoms with van der Waals surface area (Å²) in [4.78, 5) is 12.3. The maximum Gasteiger partial charge on any atom is 0.315 e. The van der Waals surface area contributed by atoms with Crippen LogP contribution in [0.25, 0.3) is 5.69 Å². The van der Waals surface area contributed by atoms with Crippen LogP contribution in [0.1, 0.15) is 30.1 Å². The SMILES string of the molecule is O=C(NCc1cccc(-n2cccn2)c1)NCC1CCCOC1c1ccccc1. The summed E-state index contributed by atoms with van der Waals surface area (Å²) in [5.41, 5.74) is 3.17. The summed E-state index contributed by atoms with van der Waals surface area (Å²) in [6.07, 6.45) is 5.75. The Balaban J connectivity index is 1.29. The van der Waals surface area contributed by atoms with Gasteiger partial charge in [-0.2, -0.15) is 5.10 Å². The van der Waals surface area contributed by atoms with Gasteiger partial charge in [0, 0.05) is 38.0 Å². The molecule has 29 heavy (non-hydrogen) atoms. The van der Waals surface area contributed by atoms with E-state index in [1.54, 1.807) is 10.9 Å². The lowest BCUT2D eigenvalue weighted by molar-refractivity contribution is -0.0269. The second kappa shape index (κ2) is 9.39. The van der Waals surface area contributed by atoms with E-state index >= 15 is 0 Å². The minimum atomic E-state index is -0.160. The number of nitrogens with one attached hydrogen (secondary N) is 2. The largest absolute Gasteiger partial charge is 0.373 e. The highest BCUT2D eigenvalue weighted by molar-refractivity contribution is 5.73. The van der Waals surface area contributed by atoms with Crippen LogP contribution in [-0.4, -0.2) is 29.0 Å². The quantitative estimate of drug-likeness (QED) is 0.672. The van der Waals surface area contributed by atoms with Gasteiger partial charge in [-0.1, -0.05) is 42.5 Å². The lowest BCUT2D eigenvalue weighted by atomic mass is 9.89. The minimum Gasteiger partial charge on any atom is -0.373 e. The van der Waals surface area contributed by atoms with Crippen molar-refractivity contribution >= 4 is 6.03 Å². The standard InChI is InChI=1S/C23H26N4O2/c28-23(24-16-18-7-4-11-21(15-18)27-13-6-12-26-27)25-17-20-10-5-14-29-22(20)19-8-2-1-3-9-19/h1-4,6-9,11-13,15,20,22H,5,10,14,16-17H2,(H2,24,25,28). The number of amides is 2. The molecule has 6 nitrogen and oxygen atoms in total. The van der Waals surface area contributed by atoms with Gasteiger partial charge < -0.3 is 15.4 Å². The number of benzene rings is 2. The first kappa shape index (κ1) is 19.2. The van der Waals surface area contributed by atoms with Gasteiger partial charge in [-0.25, -0.2) is 9.48 Å². The molecular formula is C23H26N4O2. The van der Waals surface area contributed by atoms with Crippen LogP contribution < -0.4 is 10.6 Å². The molecule has 2 atom stereocenters. The van der Waals surface area contributed by atoms with Gasteiger partial charge in [0.05, 0.1) is 11.8 Å². The van der Waals surface area contributed by atoms with E-state index in [9.17, 15) is 4.79 Å². The van der Waals surface area contributed by atoms with Crippen LogP contribution in [0.5, 0.6) is 0 Å². The average molecular weight is 390 g/mol. The van der Waals surface area contributed by atoms with E-state index in [1.807, 2.05) is 54.7 Å². The molecule has 1 aliphatic rings. The number of aromatic nitrogens is 2. The Morgan fingerprint density at radius 2 is 2.00 bits per heavy atom. The molecule has 0 aliphatic carbocycles. The zero-order chi connectivity index (χ0) is 19.9. The van der Waals surface area contributed by atoms with Crippen molar-refractivity contribution in [3.8, 4) is 5.69 Å². The maximum absolute atomic E-state index is 12.3. The number of rotatable bonds is 6. The zero-order valence-electron chi connectivity index (χ0n) is 16.3. The van der Waals surface area contributed by atoms with E-state index in [4.69, 9.17) is 4.74 Å². The van der Waals surface area contributed by atoms with Gasteiger partial charge in [0.2, 0.25) is 0 Å². The fourth-order valence-electron chi connectivity index (χ4n) is 3.76. The summed E-state index contributed by atoms with van der Waals surface area (Å²) in [6, 6.07) is 20.0. The second-order valence-electron chi connectivity index (χ2n) is 7.29. The van der Waals surface area contributed by atoms with Crippen molar-refractivity contribution < 1.29 is 9.53 Å². The number of hydrogen-bond donors (Lipinski definition) is 2. The number of nitrogens with zero attached hydrogens (tertiary/aromatic N) is 2. The van der Waals surface area contributed by atoms with Crippen molar-refractivity contribution in [1.29, 1.82) is 0 Å². The monoisotopic (exact) mass is 390 g/mol. The first-order valence-corrected chi connectivity index (χ1v) is 10.1. The maximum atomic E-state index is 12.3. The second-order valence-corrected chi connectivity index (χ2v) is 7.29. The molecule has 3 aromatic rings. The Morgan fingerprint density at radius 3 is 2.83 bits per heavy atom. The van der Waals surface area contributed by atoms with Crippen LogP contribution in [-0.2, 0) is 11.3 Å². The van der Waals surface area contributed by atoms with Crippen molar-refractivity contribution in [3.05, 3.63) is 84.2 Å². The molecule has 1 fully saturated rings. The highest BCUT2D eigenvalue weighted by Gasteiger charge is 2.27. The number of carbonyl (C=O) groups excluding carboxylic acids is 1. The van der Waals surface area contributed by atoms with E-state index in [-0.39, 0.29) is 18.1 Å². The van der Waals surface area contributed by atoms with Crippen molar-refractivity contribution in [3.63, 3.8) is 0 Å². The van der Waals surface area contributed by atoms with E-state index in [0.717, 1.165) is 30.7 Å². The van der Waals surface area contributed by atoms with Gasteiger partial charge >= 0.3 is 6.03 Å². The molecule has 2 unspecified atom stereocenters. The summed E-state index contributed by atoms with van der Waals surface area (Å²) >= 11 is 0. The fourth-order valence-corrected chi connectivity index (χ4v) is 3.76. The first-order chi connectivity index (χ1) is 14.3. The topological polar surface area (TPSA) is 68.2 Å². The molecule has 2 aromatic carbocycles. The summed E-state index contributed by atoms with van der Waals surface area (Å²) in [5, 5.41) is 10.2.